The Labute approximate surface area is 151 Å². The molecule has 1 N–H and O–H groups in total. The van der Waals surface area contributed by atoms with Gasteiger partial charge >= 0.3 is 0 Å². The number of fused-ring (bicyclic) bond motifs is 1. The van der Waals surface area contributed by atoms with E-state index in [9.17, 15) is 4.79 Å². The Balaban J connectivity index is 1.44. The molecule has 3 aliphatic heterocycles. The summed E-state index contributed by atoms with van der Waals surface area (Å²) >= 11 is 6.12. The van der Waals surface area contributed by atoms with Crippen molar-refractivity contribution in [3.63, 3.8) is 0 Å². The van der Waals surface area contributed by atoms with E-state index in [1.165, 1.54) is 0 Å². The van der Waals surface area contributed by atoms with Crippen molar-refractivity contribution in [2.75, 3.05) is 36.0 Å². The molecule has 1 atom stereocenters. The molecule has 1 spiro atoms. The quantitative estimate of drug-likeness (QED) is 0.901. The Hall–Kier alpha value is -2.11. The van der Waals surface area contributed by atoms with Crippen LogP contribution in [0.1, 0.15) is 28.9 Å². The summed E-state index contributed by atoms with van der Waals surface area (Å²) in [5.41, 5.74) is 4.09. The highest BCUT2D eigenvalue weighted by atomic mass is 35.5. The van der Waals surface area contributed by atoms with Gasteiger partial charge in [0.25, 0.3) is 5.91 Å². The Kier molecular flexibility index (Phi) is 3.15. The predicted octanol–water partition coefficient (Wildman–Crippen LogP) is 2.87. The molecule has 5 nitrogen and oxygen atoms in total. The van der Waals surface area contributed by atoms with Gasteiger partial charge in [-0.1, -0.05) is 11.6 Å². The maximum atomic E-state index is 12.9. The summed E-state index contributed by atoms with van der Waals surface area (Å²) in [4.78, 5) is 21.4. The van der Waals surface area contributed by atoms with Crippen molar-refractivity contribution in [2.45, 2.75) is 13.0 Å². The molecule has 0 saturated carbocycles. The highest BCUT2D eigenvalue weighted by molar-refractivity contribution is 6.31. The van der Waals surface area contributed by atoms with Crippen LogP contribution in [0.4, 0.5) is 11.4 Å². The van der Waals surface area contributed by atoms with E-state index in [4.69, 9.17) is 11.6 Å². The van der Waals surface area contributed by atoms with Crippen molar-refractivity contribution >= 4 is 28.9 Å². The van der Waals surface area contributed by atoms with Crippen LogP contribution in [0.5, 0.6) is 0 Å². The summed E-state index contributed by atoms with van der Waals surface area (Å²) in [5, 5.41) is 4.01. The van der Waals surface area contributed by atoms with E-state index >= 15 is 0 Å². The van der Waals surface area contributed by atoms with Crippen LogP contribution >= 0.6 is 11.6 Å². The highest BCUT2D eigenvalue weighted by Gasteiger charge is 2.47. The Morgan fingerprint density at radius 2 is 1.96 bits per heavy atom. The number of nitrogens with zero attached hydrogens (tertiary/aromatic N) is 3. The van der Waals surface area contributed by atoms with Gasteiger partial charge in [0.15, 0.2) is 0 Å². The molecule has 6 heteroatoms. The van der Waals surface area contributed by atoms with Gasteiger partial charge in [0.1, 0.15) is 0 Å². The first kappa shape index (κ1) is 15.2. The number of nitrogens with one attached hydrogen (secondary N) is 1. The molecule has 2 fully saturated rings. The van der Waals surface area contributed by atoms with Crippen LogP contribution < -0.4 is 15.1 Å². The van der Waals surface area contributed by atoms with Crippen LogP contribution in [0.3, 0.4) is 0 Å². The van der Waals surface area contributed by atoms with E-state index < -0.39 is 0 Å². The Bertz CT molecular complexity index is 871. The first-order valence-corrected chi connectivity index (χ1v) is 8.98. The number of carbonyl (C=O) groups is 1. The van der Waals surface area contributed by atoms with Crippen molar-refractivity contribution in [1.82, 2.24) is 10.3 Å². The number of hydrogen-bond acceptors (Lipinski definition) is 4. The molecule has 25 heavy (non-hydrogen) atoms. The lowest BCUT2D eigenvalue weighted by molar-refractivity contribution is 0.0992. The summed E-state index contributed by atoms with van der Waals surface area (Å²) in [6.07, 6.45) is 3.66. The maximum absolute atomic E-state index is 12.9. The zero-order chi connectivity index (χ0) is 17.2. The van der Waals surface area contributed by atoms with E-state index in [2.05, 4.69) is 21.3 Å². The number of amides is 1. The number of carbonyl (C=O) groups excluding carboxylic acids is 1. The second-order valence-electron chi connectivity index (χ2n) is 7.44. The molecule has 5 rings (SSSR count). The molecule has 1 aromatic heterocycles. The summed E-state index contributed by atoms with van der Waals surface area (Å²) in [7, 11) is 0. The van der Waals surface area contributed by atoms with Crippen LogP contribution in [0, 0.1) is 5.41 Å². The van der Waals surface area contributed by atoms with Gasteiger partial charge in [-0.2, -0.15) is 0 Å². The fourth-order valence-electron chi connectivity index (χ4n) is 4.23. The van der Waals surface area contributed by atoms with E-state index in [0.717, 1.165) is 48.7 Å². The van der Waals surface area contributed by atoms with Crippen LogP contribution in [0.25, 0.3) is 0 Å². The molecular weight excluding hydrogens is 336 g/mol. The fourth-order valence-corrected chi connectivity index (χ4v) is 4.41. The van der Waals surface area contributed by atoms with Gasteiger partial charge in [0.05, 0.1) is 29.8 Å². The second kappa shape index (κ2) is 5.19. The SMILES string of the molecule is CC1c2cc(Cl)ccc2C(=O)N1c1cncc(N2CC3(CNC3)C2)c1. The van der Waals surface area contributed by atoms with Crippen LogP contribution in [0.15, 0.2) is 36.7 Å². The molecule has 1 aromatic carbocycles. The lowest BCUT2D eigenvalue weighted by Crippen LogP contribution is -2.71. The third kappa shape index (κ3) is 2.19. The van der Waals surface area contributed by atoms with Gasteiger partial charge in [-0.25, -0.2) is 0 Å². The zero-order valence-corrected chi connectivity index (χ0v) is 14.8. The average Bonchev–Trinajstić information content (AvgIpc) is 2.76. The normalized spacial score (nSPS) is 23.4. The first-order valence-electron chi connectivity index (χ1n) is 8.60. The number of hydrogen-bond donors (Lipinski definition) is 1. The summed E-state index contributed by atoms with van der Waals surface area (Å²) in [6, 6.07) is 7.51. The zero-order valence-electron chi connectivity index (χ0n) is 14.0. The molecule has 1 unspecified atom stereocenters. The van der Waals surface area contributed by atoms with E-state index in [1.807, 2.05) is 30.2 Å². The lowest BCUT2D eigenvalue weighted by Gasteiger charge is -2.57. The van der Waals surface area contributed by atoms with E-state index in [0.29, 0.717) is 10.4 Å². The molecule has 2 saturated heterocycles. The van der Waals surface area contributed by atoms with Crippen LogP contribution in [0.2, 0.25) is 5.02 Å². The molecule has 2 aromatic rings. The molecule has 1 amide bonds. The molecule has 3 aliphatic rings. The summed E-state index contributed by atoms with van der Waals surface area (Å²) in [6.45, 7) is 6.36. The number of benzene rings is 1. The third-order valence-corrected chi connectivity index (χ3v) is 5.94. The van der Waals surface area contributed by atoms with Crippen molar-refractivity contribution in [2.24, 2.45) is 5.41 Å². The number of aromatic nitrogens is 1. The molecular formula is C19H19ClN4O. The number of pyridine rings is 1. The predicted molar refractivity (Wildman–Crippen MR) is 98.4 cm³/mol. The van der Waals surface area contributed by atoms with Gasteiger partial charge in [0.2, 0.25) is 0 Å². The summed E-state index contributed by atoms with van der Waals surface area (Å²) < 4.78 is 0. The first-order chi connectivity index (χ1) is 12.1. The average molecular weight is 355 g/mol. The van der Waals surface area contributed by atoms with Crippen molar-refractivity contribution in [3.05, 3.63) is 52.8 Å². The van der Waals surface area contributed by atoms with Crippen molar-refractivity contribution in [1.29, 1.82) is 0 Å². The minimum atomic E-state index is -0.0446. The smallest absolute Gasteiger partial charge is 0.259 e. The fraction of sp³-hybridized carbons (Fsp3) is 0.368. The topological polar surface area (TPSA) is 48.5 Å². The van der Waals surface area contributed by atoms with Crippen LogP contribution in [-0.4, -0.2) is 37.1 Å². The maximum Gasteiger partial charge on any atom is 0.259 e. The van der Waals surface area contributed by atoms with Crippen molar-refractivity contribution in [3.8, 4) is 0 Å². The monoisotopic (exact) mass is 354 g/mol. The number of halogens is 1. The lowest BCUT2D eigenvalue weighted by atomic mass is 9.74. The molecule has 4 heterocycles. The highest BCUT2D eigenvalue weighted by Crippen LogP contribution is 2.41. The van der Waals surface area contributed by atoms with Gasteiger partial charge in [-0.05, 0) is 36.8 Å². The van der Waals surface area contributed by atoms with E-state index in [-0.39, 0.29) is 11.9 Å². The van der Waals surface area contributed by atoms with Gasteiger partial charge in [-0.3, -0.25) is 14.7 Å². The van der Waals surface area contributed by atoms with Gasteiger partial charge in [0, 0.05) is 42.2 Å². The van der Waals surface area contributed by atoms with Crippen LogP contribution in [-0.2, 0) is 0 Å². The minimum Gasteiger partial charge on any atom is -0.369 e. The Morgan fingerprint density at radius 3 is 2.68 bits per heavy atom. The van der Waals surface area contributed by atoms with Gasteiger partial charge < -0.3 is 10.2 Å². The third-order valence-electron chi connectivity index (χ3n) is 5.71. The standard InChI is InChI=1S/C19H19ClN4O/c1-12-17-4-13(20)2-3-16(17)18(25)24(12)15-5-14(6-21-7-15)23-10-19(11-23)8-22-9-19/h2-7,12,22H,8-11H2,1H3. The minimum absolute atomic E-state index is 0.0152. The van der Waals surface area contributed by atoms with Crippen molar-refractivity contribution < 1.29 is 4.79 Å². The second-order valence-corrected chi connectivity index (χ2v) is 7.88. The molecule has 0 bridgehead atoms. The Morgan fingerprint density at radius 1 is 1.20 bits per heavy atom. The molecule has 128 valence electrons. The summed E-state index contributed by atoms with van der Waals surface area (Å²) in [5.74, 6) is 0.0152. The number of rotatable bonds is 2. The van der Waals surface area contributed by atoms with Gasteiger partial charge in [-0.15, -0.1) is 0 Å². The number of anilines is 2. The molecule has 0 radical (unpaired) electrons. The molecule has 0 aliphatic carbocycles. The largest absolute Gasteiger partial charge is 0.369 e. The van der Waals surface area contributed by atoms with E-state index in [1.54, 1.807) is 12.3 Å².